The van der Waals surface area contributed by atoms with Gasteiger partial charge in [0.25, 0.3) is 0 Å². The molecule has 0 aliphatic rings. The van der Waals surface area contributed by atoms with Gasteiger partial charge in [-0.15, -0.1) is 0 Å². The van der Waals surface area contributed by atoms with Gasteiger partial charge in [-0.2, -0.15) is 13.2 Å². The summed E-state index contributed by atoms with van der Waals surface area (Å²) in [7, 11) is 0. The fourth-order valence-electron chi connectivity index (χ4n) is 1.60. The molecule has 1 aromatic carbocycles. The monoisotopic (exact) mass is 425 g/mol. The Morgan fingerprint density at radius 1 is 1.14 bits per heavy atom. The van der Waals surface area contributed by atoms with Crippen molar-refractivity contribution in [3.63, 3.8) is 0 Å². The van der Waals surface area contributed by atoms with Crippen LogP contribution in [-0.4, -0.2) is 10.8 Å². The summed E-state index contributed by atoms with van der Waals surface area (Å²) >= 11 is 6.25. The maximum atomic E-state index is 13.2. The molecule has 1 heterocycles. The van der Waals surface area contributed by atoms with Gasteiger partial charge >= 0.3 is 6.18 Å². The Hall–Kier alpha value is -1.28. The molecule has 0 aliphatic heterocycles. The first kappa shape index (κ1) is 16.1. The van der Waals surface area contributed by atoms with E-state index < -0.39 is 23.3 Å². The molecule has 0 saturated heterocycles. The molecule has 0 fully saturated rings. The highest BCUT2D eigenvalue weighted by atomic mass is 79.9. The van der Waals surface area contributed by atoms with Crippen molar-refractivity contribution in [2.75, 3.05) is 0 Å². The molecule has 0 aliphatic carbocycles. The second-order valence-electron chi connectivity index (χ2n) is 4.01. The first-order valence-corrected chi connectivity index (χ1v) is 7.01. The number of carbonyl (C=O) groups excluding carboxylic acids is 1. The van der Waals surface area contributed by atoms with E-state index in [4.69, 9.17) is 0 Å². The number of halogens is 6. The fourth-order valence-corrected chi connectivity index (χ4v) is 2.77. The van der Waals surface area contributed by atoms with Crippen LogP contribution >= 0.6 is 31.9 Å². The van der Waals surface area contributed by atoms with Gasteiger partial charge in [-0.05, 0) is 56.1 Å². The number of benzene rings is 1. The Labute approximate surface area is 133 Å². The number of ketones is 1. The Morgan fingerprint density at radius 3 is 2.38 bits per heavy atom. The van der Waals surface area contributed by atoms with Crippen molar-refractivity contribution < 1.29 is 22.4 Å². The molecule has 110 valence electrons. The van der Waals surface area contributed by atoms with Gasteiger partial charge in [0.15, 0.2) is 0 Å². The van der Waals surface area contributed by atoms with Crippen LogP contribution in [0.5, 0.6) is 0 Å². The summed E-state index contributed by atoms with van der Waals surface area (Å²) in [6, 6.07) is 3.62. The lowest BCUT2D eigenvalue weighted by atomic mass is 10.0. The van der Waals surface area contributed by atoms with Crippen molar-refractivity contribution in [3.8, 4) is 0 Å². The zero-order valence-electron chi connectivity index (χ0n) is 10.0. The summed E-state index contributed by atoms with van der Waals surface area (Å²) < 4.78 is 52.1. The van der Waals surface area contributed by atoms with Crippen LogP contribution in [-0.2, 0) is 6.18 Å². The third kappa shape index (κ3) is 3.49. The van der Waals surface area contributed by atoms with Crippen molar-refractivity contribution in [1.29, 1.82) is 0 Å². The summed E-state index contributed by atoms with van der Waals surface area (Å²) in [5.74, 6) is -2.17. The second-order valence-corrected chi connectivity index (χ2v) is 5.78. The molecule has 0 spiro atoms. The summed E-state index contributed by atoms with van der Waals surface area (Å²) in [5, 5.41) is 0. The first-order chi connectivity index (χ1) is 9.70. The van der Waals surface area contributed by atoms with E-state index in [0.717, 1.165) is 6.07 Å². The predicted octanol–water partition coefficient (Wildman–Crippen LogP) is 5.00. The number of nitrogens with zero attached hydrogens (tertiary/aromatic N) is 1. The summed E-state index contributed by atoms with van der Waals surface area (Å²) in [4.78, 5) is 16.0. The summed E-state index contributed by atoms with van der Waals surface area (Å²) in [6.07, 6.45) is -3.53. The largest absolute Gasteiger partial charge is 0.419 e. The third-order valence-corrected chi connectivity index (χ3v) is 3.59. The minimum atomic E-state index is -4.87. The standard InChI is InChI=1S/C13H5Br2F4NO/c14-7-4-9(15)11(20-5-7)12(21)6-1-2-10(16)8(3-6)13(17,18)19/h1-5H. The van der Waals surface area contributed by atoms with E-state index in [1.54, 1.807) is 0 Å². The zero-order valence-corrected chi connectivity index (χ0v) is 13.2. The molecule has 0 unspecified atom stereocenters. The lowest BCUT2D eigenvalue weighted by Crippen LogP contribution is -2.12. The lowest BCUT2D eigenvalue weighted by molar-refractivity contribution is -0.140. The highest BCUT2D eigenvalue weighted by Crippen LogP contribution is 2.32. The molecule has 0 atom stereocenters. The first-order valence-electron chi connectivity index (χ1n) is 5.42. The van der Waals surface area contributed by atoms with Crippen LogP contribution in [0, 0.1) is 5.82 Å². The number of hydrogen-bond acceptors (Lipinski definition) is 2. The number of alkyl halides is 3. The van der Waals surface area contributed by atoms with E-state index in [2.05, 4.69) is 36.8 Å². The smallest absolute Gasteiger partial charge is 0.287 e. The highest BCUT2D eigenvalue weighted by Gasteiger charge is 2.34. The SMILES string of the molecule is O=C(c1ccc(F)c(C(F)(F)F)c1)c1ncc(Br)cc1Br. The number of carbonyl (C=O) groups is 1. The fraction of sp³-hybridized carbons (Fsp3) is 0.0769. The Bertz CT molecular complexity index is 716. The summed E-state index contributed by atoms with van der Waals surface area (Å²) in [5.41, 5.74) is -1.83. The van der Waals surface area contributed by atoms with Crippen molar-refractivity contribution in [2.45, 2.75) is 6.18 Å². The zero-order chi connectivity index (χ0) is 15.8. The minimum absolute atomic E-state index is 0.0575. The third-order valence-electron chi connectivity index (χ3n) is 2.56. The van der Waals surface area contributed by atoms with Crippen molar-refractivity contribution in [3.05, 3.63) is 62.0 Å². The second kappa shape index (κ2) is 5.84. The molecule has 0 bridgehead atoms. The summed E-state index contributed by atoms with van der Waals surface area (Å²) in [6.45, 7) is 0. The van der Waals surface area contributed by atoms with Gasteiger partial charge in [0, 0.05) is 20.7 Å². The number of hydrogen-bond donors (Lipinski definition) is 0. The van der Waals surface area contributed by atoms with Crippen LogP contribution in [0.2, 0.25) is 0 Å². The maximum Gasteiger partial charge on any atom is 0.419 e. The van der Waals surface area contributed by atoms with E-state index in [1.807, 2.05) is 0 Å². The molecule has 2 nitrogen and oxygen atoms in total. The lowest BCUT2D eigenvalue weighted by Gasteiger charge is -2.10. The normalized spacial score (nSPS) is 11.5. The molecular formula is C13H5Br2F4NO. The van der Waals surface area contributed by atoms with Crippen molar-refractivity contribution in [1.82, 2.24) is 4.98 Å². The number of aromatic nitrogens is 1. The molecule has 0 amide bonds. The molecule has 2 aromatic rings. The van der Waals surface area contributed by atoms with Crippen LogP contribution in [0.25, 0.3) is 0 Å². The Morgan fingerprint density at radius 2 is 1.81 bits per heavy atom. The van der Waals surface area contributed by atoms with E-state index >= 15 is 0 Å². The molecule has 8 heteroatoms. The van der Waals surface area contributed by atoms with Gasteiger partial charge in [-0.25, -0.2) is 4.39 Å². The molecule has 0 N–H and O–H groups in total. The Kier molecular flexibility index (Phi) is 4.48. The van der Waals surface area contributed by atoms with E-state index in [0.29, 0.717) is 21.1 Å². The van der Waals surface area contributed by atoms with Gasteiger partial charge in [-0.1, -0.05) is 0 Å². The maximum absolute atomic E-state index is 13.2. The van der Waals surface area contributed by atoms with E-state index in [1.165, 1.54) is 12.3 Å². The van der Waals surface area contributed by atoms with Crippen LogP contribution in [0.3, 0.4) is 0 Å². The molecule has 21 heavy (non-hydrogen) atoms. The average molecular weight is 427 g/mol. The van der Waals surface area contributed by atoms with Crippen LogP contribution < -0.4 is 0 Å². The quantitative estimate of drug-likeness (QED) is 0.500. The van der Waals surface area contributed by atoms with Crippen LogP contribution in [0.15, 0.2) is 39.4 Å². The molecule has 2 rings (SSSR count). The van der Waals surface area contributed by atoms with Crippen molar-refractivity contribution in [2.24, 2.45) is 0 Å². The van der Waals surface area contributed by atoms with Gasteiger partial charge in [0.2, 0.25) is 5.78 Å². The van der Waals surface area contributed by atoms with Crippen LogP contribution in [0.4, 0.5) is 17.6 Å². The predicted molar refractivity (Wildman–Crippen MR) is 74.5 cm³/mol. The Balaban J connectivity index is 2.49. The van der Waals surface area contributed by atoms with Gasteiger partial charge in [-0.3, -0.25) is 9.78 Å². The molecular weight excluding hydrogens is 422 g/mol. The average Bonchev–Trinajstić information content (AvgIpc) is 2.37. The minimum Gasteiger partial charge on any atom is -0.287 e. The van der Waals surface area contributed by atoms with Gasteiger partial charge in [0.1, 0.15) is 11.5 Å². The highest BCUT2D eigenvalue weighted by molar-refractivity contribution is 9.11. The van der Waals surface area contributed by atoms with Gasteiger partial charge < -0.3 is 0 Å². The van der Waals surface area contributed by atoms with Gasteiger partial charge in [0.05, 0.1) is 5.56 Å². The molecule has 0 radical (unpaired) electrons. The van der Waals surface area contributed by atoms with Crippen molar-refractivity contribution >= 4 is 37.6 Å². The van der Waals surface area contributed by atoms with E-state index in [9.17, 15) is 22.4 Å². The number of rotatable bonds is 2. The van der Waals surface area contributed by atoms with Crippen LogP contribution in [0.1, 0.15) is 21.6 Å². The van der Waals surface area contributed by atoms with E-state index in [-0.39, 0.29) is 11.3 Å². The molecule has 1 aromatic heterocycles. The topological polar surface area (TPSA) is 30.0 Å². The molecule has 0 saturated carbocycles. The number of pyridine rings is 1.